The van der Waals surface area contributed by atoms with Crippen LogP contribution in [0.4, 0.5) is 5.95 Å². The summed E-state index contributed by atoms with van der Waals surface area (Å²) >= 11 is 0. The number of aromatic nitrogens is 4. The zero-order chi connectivity index (χ0) is 16.9. The Hall–Kier alpha value is -2.51. The fourth-order valence-corrected chi connectivity index (χ4v) is 2.59. The lowest BCUT2D eigenvalue weighted by Crippen LogP contribution is -2.49. The van der Waals surface area contributed by atoms with Crippen LogP contribution in [-0.2, 0) is 11.2 Å². The van der Waals surface area contributed by atoms with Crippen molar-refractivity contribution in [3.05, 3.63) is 30.2 Å². The topological polar surface area (TPSA) is 88.3 Å². The standard InChI is InChI=1S/C16H22N6O2/c1-12(2)15-19-13(24-20-15)4-5-14(23)21-8-10-22(11-9-21)16-17-6-3-7-18-16/h3,6-7,12H,4-5,8-11H2,1-2H3. The van der Waals surface area contributed by atoms with Gasteiger partial charge in [-0.2, -0.15) is 4.98 Å². The molecule has 0 radical (unpaired) electrons. The Kier molecular flexibility index (Phi) is 5.02. The lowest BCUT2D eigenvalue weighted by Gasteiger charge is -2.34. The van der Waals surface area contributed by atoms with Gasteiger partial charge in [0.1, 0.15) is 0 Å². The number of anilines is 1. The van der Waals surface area contributed by atoms with Crippen LogP contribution in [0.15, 0.2) is 23.0 Å². The molecule has 3 rings (SSSR count). The zero-order valence-electron chi connectivity index (χ0n) is 14.1. The van der Waals surface area contributed by atoms with Gasteiger partial charge in [-0.3, -0.25) is 4.79 Å². The number of hydrogen-bond donors (Lipinski definition) is 0. The Morgan fingerprint density at radius 2 is 1.92 bits per heavy atom. The molecule has 2 aromatic rings. The number of rotatable bonds is 5. The maximum absolute atomic E-state index is 12.3. The highest BCUT2D eigenvalue weighted by molar-refractivity contribution is 5.76. The van der Waals surface area contributed by atoms with Crippen molar-refractivity contribution in [2.24, 2.45) is 0 Å². The smallest absolute Gasteiger partial charge is 0.227 e. The van der Waals surface area contributed by atoms with Gasteiger partial charge in [0.05, 0.1) is 0 Å². The van der Waals surface area contributed by atoms with Crippen molar-refractivity contribution in [2.45, 2.75) is 32.6 Å². The maximum Gasteiger partial charge on any atom is 0.227 e. The third-order valence-corrected chi connectivity index (χ3v) is 4.02. The molecule has 8 nitrogen and oxygen atoms in total. The van der Waals surface area contributed by atoms with E-state index in [1.165, 1.54) is 0 Å². The van der Waals surface area contributed by atoms with E-state index >= 15 is 0 Å². The molecule has 128 valence electrons. The second kappa shape index (κ2) is 7.37. The predicted octanol–water partition coefficient (Wildman–Crippen LogP) is 1.26. The SMILES string of the molecule is CC(C)c1noc(CCC(=O)N2CCN(c3ncccn3)CC2)n1. The van der Waals surface area contributed by atoms with Crippen LogP contribution >= 0.6 is 0 Å². The summed E-state index contributed by atoms with van der Waals surface area (Å²) in [4.78, 5) is 29.1. The monoisotopic (exact) mass is 330 g/mol. The second-order valence-electron chi connectivity index (χ2n) is 6.12. The molecule has 1 aliphatic rings. The van der Waals surface area contributed by atoms with E-state index in [1.807, 2.05) is 18.7 Å². The maximum atomic E-state index is 12.3. The summed E-state index contributed by atoms with van der Waals surface area (Å²) in [6.07, 6.45) is 4.34. The average molecular weight is 330 g/mol. The molecule has 1 aliphatic heterocycles. The Labute approximate surface area is 140 Å². The molecule has 0 aliphatic carbocycles. The van der Waals surface area contributed by atoms with Gasteiger partial charge in [-0.25, -0.2) is 9.97 Å². The number of nitrogens with zero attached hydrogens (tertiary/aromatic N) is 6. The minimum atomic E-state index is 0.118. The first-order valence-corrected chi connectivity index (χ1v) is 8.25. The van der Waals surface area contributed by atoms with Gasteiger partial charge in [0.15, 0.2) is 5.82 Å². The first-order chi connectivity index (χ1) is 11.6. The molecule has 1 saturated heterocycles. The number of carbonyl (C=O) groups is 1. The molecule has 0 saturated carbocycles. The van der Waals surface area contributed by atoms with Crippen LogP contribution in [0.5, 0.6) is 0 Å². The lowest BCUT2D eigenvalue weighted by molar-refractivity contribution is -0.131. The van der Waals surface area contributed by atoms with E-state index < -0.39 is 0 Å². The summed E-state index contributed by atoms with van der Waals surface area (Å²) in [6, 6.07) is 1.80. The molecule has 0 spiro atoms. The van der Waals surface area contributed by atoms with Crippen molar-refractivity contribution in [3.63, 3.8) is 0 Å². The first-order valence-electron chi connectivity index (χ1n) is 8.25. The quantitative estimate of drug-likeness (QED) is 0.815. The minimum Gasteiger partial charge on any atom is -0.339 e. The summed E-state index contributed by atoms with van der Waals surface area (Å²) in [5.41, 5.74) is 0. The van der Waals surface area contributed by atoms with E-state index in [2.05, 4.69) is 25.0 Å². The van der Waals surface area contributed by atoms with E-state index in [0.717, 1.165) is 19.0 Å². The Morgan fingerprint density at radius 3 is 2.54 bits per heavy atom. The van der Waals surface area contributed by atoms with Gasteiger partial charge in [-0.05, 0) is 6.07 Å². The third-order valence-electron chi connectivity index (χ3n) is 4.02. The Balaban J connectivity index is 1.46. The Morgan fingerprint density at radius 1 is 1.21 bits per heavy atom. The van der Waals surface area contributed by atoms with Crippen LogP contribution < -0.4 is 4.90 Å². The number of piperazine rings is 1. The van der Waals surface area contributed by atoms with Crippen molar-refractivity contribution >= 4 is 11.9 Å². The van der Waals surface area contributed by atoms with Crippen LogP contribution in [0.1, 0.15) is 37.9 Å². The summed E-state index contributed by atoms with van der Waals surface area (Å²) in [5.74, 6) is 2.29. The van der Waals surface area contributed by atoms with Crippen molar-refractivity contribution in [2.75, 3.05) is 31.1 Å². The molecule has 0 unspecified atom stereocenters. The highest BCUT2D eigenvalue weighted by Gasteiger charge is 2.22. The van der Waals surface area contributed by atoms with E-state index in [9.17, 15) is 4.79 Å². The molecule has 1 amide bonds. The molecule has 0 bridgehead atoms. The predicted molar refractivity (Wildman–Crippen MR) is 87.5 cm³/mol. The molecule has 8 heteroatoms. The highest BCUT2D eigenvalue weighted by Crippen LogP contribution is 2.13. The molecule has 3 heterocycles. The fourth-order valence-electron chi connectivity index (χ4n) is 2.59. The first kappa shape index (κ1) is 16.4. The molecular formula is C16H22N6O2. The average Bonchev–Trinajstić information content (AvgIpc) is 3.10. The van der Waals surface area contributed by atoms with Gasteiger partial charge in [0.25, 0.3) is 0 Å². The number of carbonyl (C=O) groups excluding carboxylic acids is 1. The normalized spacial score (nSPS) is 15.1. The summed E-state index contributed by atoms with van der Waals surface area (Å²) < 4.78 is 5.18. The molecule has 24 heavy (non-hydrogen) atoms. The molecular weight excluding hydrogens is 308 g/mol. The van der Waals surface area contributed by atoms with Gasteiger partial charge in [0.2, 0.25) is 17.7 Å². The van der Waals surface area contributed by atoms with E-state index in [4.69, 9.17) is 4.52 Å². The van der Waals surface area contributed by atoms with Crippen LogP contribution in [-0.4, -0.2) is 57.1 Å². The summed E-state index contributed by atoms with van der Waals surface area (Å²) in [5, 5.41) is 3.92. The van der Waals surface area contributed by atoms with E-state index in [0.29, 0.717) is 37.6 Å². The minimum absolute atomic E-state index is 0.118. The largest absolute Gasteiger partial charge is 0.339 e. The van der Waals surface area contributed by atoms with Crippen LogP contribution in [0.25, 0.3) is 0 Å². The van der Waals surface area contributed by atoms with Crippen LogP contribution in [0.2, 0.25) is 0 Å². The van der Waals surface area contributed by atoms with E-state index in [1.54, 1.807) is 18.5 Å². The lowest BCUT2D eigenvalue weighted by atomic mass is 10.2. The van der Waals surface area contributed by atoms with Crippen molar-refractivity contribution in [1.82, 2.24) is 25.0 Å². The van der Waals surface area contributed by atoms with Crippen LogP contribution in [0.3, 0.4) is 0 Å². The van der Waals surface area contributed by atoms with Gasteiger partial charge >= 0.3 is 0 Å². The van der Waals surface area contributed by atoms with Gasteiger partial charge in [-0.15, -0.1) is 0 Å². The van der Waals surface area contributed by atoms with Crippen molar-refractivity contribution < 1.29 is 9.32 Å². The van der Waals surface area contributed by atoms with Gasteiger partial charge in [0, 0.05) is 57.3 Å². The Bertz CT molecular complexity index is 664. The number of aryl methyl sites for hydroxylation is 1. The van der Waals surface area contributed by atoms with Crippen LogP contribution in [0, 0.1) is 0 Å². The fraction of sp³-hybridized carbons (Fsp3) is 0.562. The molecule has 2 aromatic heterocycles. The molecule has 0 atom stereocenters. The second-order valence-corrected chi connectivity index (χ2v) is 6.12. The molecule has 0 aromatic carbocycles. The molecule has 0 N–H and O–H groups in total. The van der Waals surface area contributed by atoms with Gasteiger partial charge in [-0.1, -0.05) is 19.0 Å². The van der Waals surface area contributed by atoms with Crippen molar-refractivity contribution in [1.29, 1.82) is 0 Å². The zero-order valence-corrected chi connectivity index (χ0v) is 14.1. The van der Waals surface area contributed by atoms with Crippen molar-refractivity contribution in [3.8, 4) is 0 Å². The summed E-state index contributed by atoms with van der Waals surface area (Å²) in [6.45, 7) is 6.86. The number of amides is 1. The molecule has 1 fully saturated rings. The highest BCUT2D eigenvalue weighted by atomic mass is 16.5. The number of hydrogen-bond acceptors (Lipinski definition) is 7. The third kappa shape index (κ3) is 3.87. The summed E-state index contributed by atoms with van der Waals surface area (Å²) in [7, 11) is 0. The van der Waals surface area contributed by atoms with E-state index in [-0.39, 0.29) is 11.8 Å². The van der Waals surface area contributed by atoms with Gasteiger partial charge < -0.3 is 14.3 Å².